The van der Waals surface area contributed by atoms with Gasteiger partial charge < -0.3 is 26.2 Å². The minimum Gasteiger partial charge on any atom is -0.508 e. The van der Waals surface area contributed by atoms with Crippen molar-refractivity contribution in [1.82, 2.24) is 4.90 Å². The number of likely N-dealkylation sites (N-methyl/N-ethyl adjacent to an activating group) is 1. The van der Waals surface area contributed by atoms with Gasteiger partial charge in [-0.05, 0) is 37.7 Å². The summed E-state index contributed by atoms with van der Waals surface area (Å²) in [5.41, 5.74) is 3.13. The number of rotatable bonds is 3. The van der Waals surface area contributed by atoms with Crippen LogP contribution in [0.2, 0.25) is 0 Å². The van der Waals surface area contributed by atoms with E-state index in [1.807, 2.05) is 30.3 Å². The van der Waals surface area contributed by atoms with Crippen LogP contribution in [0.15, 0.2) is 65.4 Å². The molecule has 0 heterocycles. The van der Waals surface area contributed by atoms with E-state index in [0.717, 1.165) is 5.56 Å². The van der Waals surface area contributed by atoms with Crippen LogP contribution in [0.5, 0.6) is 5.75 Å². The molecule has 0 spiro atoms. The average Bonchev–Trinajstić information content (AvgIpc) is 2.81. The highest BCUT2D eigenvalue weighted by molar-refractivity contribution is 6.24. The summed E-state index contributed by atoms with van der Waals surface area (Å²) in [6, 6.07) is 12.9. The molecule has 1 unspecified atom stereocenters. The van der Waals surface area contributed by atoms with Gasteiger partial charge in [-0.2, -0.15) is 0 Å². The molecule has 1 amide bonds. The molecule has 5 atom stereocenters. The van der Waals surface area contributed by atoms with Crippen molar-refractivity contribution in [2.45, 2.75) is 24.0 Å². The Morgan fingerprint density at radius 3 is 2.31 bits per heavy atom. The summed E-state index contributed by atoms with van der Waals surface area (Å²) < 4.78 is 0. The summed E-state index contributed by atoms with van der Waals surface area (Å²) in [5.74, 6) is -7.29. The highest BCUT2D eigenvalue weighted by Gasteiger charge is 2.65. The number of phenolic OH excluding ortho intramolecular Hbond substituents is 1. The number of nitrogens with zero attached hydrogens (tertiary/aromatic N) is 1. The van der Waals surface area contributed by atoms with Gasteiger partial charge in [0.2, 0.25) is 5.78 Å². The molecule has 3 aliphatic rings. The maximum Gasteiger partial charge on any atom is 0.255 e. The Bertz CT molecular complexity index is 1380. The lowest BCUT2D eigenvalue weighted by atomic mass is 9.54. The van der Waals surface area contributed by atoms with E-state index >= 15 is 0 Å². The van der Waals surface area contributed by atoms with Crippen LogP contribution >= 0.6 is 0 Å². The van der Waals surface area contributed by atoms with Crippen LogP contribution < -0.4 is 5.73 Å². The third-order valence-electron chi connectivity index (χ3n) is 7.77. The van der Waals surface area contributed by atoms with Crippen molar-refractivity contribution in [2.75, 3.05) is 14.1 Å². The molecule has 3 aliphatic carbocycles. The molecule has 5 rings (SSSR count). The van der Waals surface area contributed by atoms with E-state index in [4.69, 9.17) is 5.73 Å². The number of nitrogens with two attached hydrogens (primary N) is 1. The van der Waals surface area contributed by atoms with E-state index in [2.05, 4.69) is 0 Å². The molecule has 1 fully saturated rings. The predicted octanol–water partition coefficient (Wildman–Crippen LogP) is 1.55. The number of phenols is 1. The zero-order valence-electron chi connectivity index (χ0n) is 19.7. The number of carbonyl (C=O) groups is 3. The summed E-state index contributed by atoms with van der Waals surface area (Å²) in [5, 5.41) is 44.7. The molecule has 0 aliphatic heterocycles. The number of aliphatic hydroxyl groups excluding tert-OH is 2. The van der Waals surface area contributed by atoms with Crippen LogP contribution in [0.25, 0.3) is 5.76 Å². The number of Topliss-reactive ketones (excluding diaryl/α,β-unsaturated/α-hetero) is 2. The third kappa shape index (κ3) is 2.99. The zero-order chi connectivity index (χ0) is 26.1. The van der Waals surface area contributed by atoms with Crippen molar-refractivity contribution >= 4 is 23.2 Å². The quantitative estimate of drug-likeness (QED) is 0.405. The molecule has 0 saturated heterocycles. The molecule has 2 aromatic rings. The molecule has 1 saturated carbocycles. The lowest BCUT2D eigenvalue weighted by Gasteiger charge is -2.51. The smallest absolute Gasteiger partial charge is 0.255 e. The van der Waals surface area contributed by atoms with Crippen molar-refractivity contribution in [2.24, 2.45) is 17.6 Å². The summed E-state index contributed by atoms with van der Waals surface area (Å²) in [6.07, 6.45) is 0.0149. The van der Waals surface area contributed by atoms with Crippen LogP contribution in [0.1, 0.15) is 29.0 Å². The molecule has 9 heteroatoms. The first-order valence-corrected chi connectivity index (χ1v) is 11.5. The zero-order valence-corrected chi connectivity index (χ0v) is 19.7. The Kier molecular flexibility index (Phi) is 5.31. The molecular weight excluding hydrogens is 464 g/mol. The van der Waals surface area contributed by atoms with Crippen LogP contribution in [0, 0.1) is 11.8 Å². The van der Waals surface area contributed by atoms with Gasteiger partial charge in [-0.15, -0.1) is 0 Å². The minimum atomic E-state index is -2.67. The number of primary amides is 1. The molecule has 186 valence electrons. The van der Waals surface area contributed by atoms with Gasteiger partial charge in [-0.25, -0.2) is 0 Å². The first-order valence-electron chi connectivity index (χ1n) is 11.5. The van der Waals surface area contributed by atoms with Gasteiger partial charge in [0.05, 0.1) is 11.6 Å². The van der Waals surface area contributed by atoms with Gasteiger partial charge in [0.15, 0.2) is 11.4 Å². The Balaban J connectivity index is 1.82. The van der Waals surface area contributed by atoms with Gasteiger partial charge >= 0.3 is 0 Å². The number of hydrogen-bond donors (Lipinski definition) is 5. The van der Waals surface area contributed by atoms with Crippen molar-refractivity contribution in [3.05, 3.63) is 82.1 Å². The molecule has 0 aromatic heterocycles. The Hall–Kier alpha value is -3.95. The topological polar surface area (TPSA) is 161 Å². The van der Waals surface area contributed by atoms with Gasteiger partial charge in [-0.1, -0.05) is 42.5 Å². The second-order valence-electron chi connectivity index (χ2n) is 9.80. The maximum atomic E-state index is 14.1. The monoisotopic (exact) mass is 490 g/mol. The Labute approximate surface area is 206 Å². The van der Waals surface area contributed by atoms with Gasteiger partial charge in [0.1, 0.15) is 22.8 Å². The molecular formula is C27H26N2O7. The lowest BCUT2D eigenvalue weighted by molar-refractivity contribution is -0.154. The first kappa shape index (κ1) is 23.8. The van der Waals surface area contributed by atoms with Crippen LogP contribution in [0.3, 0.4) is 0 Å². The van der Waals surface area contributed by atoms with Gasteiger partial charge in [0.25, 0.3) is 5.91 Å². The SMILES string of the molecule is CN(C)[C@@H]1C(=O)C(C(N)=O)=C(O)[C@@]2(O)C(=O)C3=C(O)c4c(O)cccc4[C@H](c4ccccc4)[C@H]3CC12. The molecule has 9 nitrogen and oxygen atoms in total. The van der Waals surface area contributed by atoms with Gasteiger partial charge in [0, 0.05) is 23.3 Å². The fraction of sp³-hybridized carbons (Fsp3) is 0.296. The number of fused-ring (bicyclic) bond motifs is 3. The van der Waals surface area contributed by atoms with Crippen molar-refractivity contribution in [1.29, 1.82) is 0 Å². The largest absolute Gasteiger partial charge is 0.508 e. The standard InChI is InChI=1S/C27H26N2O7/c1-29(2)21-15-11-14-17(12-7-4-3-5-8-12)13-9-6-10-16(30)18(13)22(31)19(14)24(33)27(15,36)25(34)20(23(21)32)26(28)35/h3-10,14-15,17,21,30-31,34,36H,11H2,1-2H3,(H2,28,35)/t14-,15?,17+,21+,27+/m1/s1. The fourth-order valence-corrected chi connectivity index (χ4v) is 6.30. The molecule has 36 heavy (non-hydrogen) atoms. The van der Waals surface area contributed by atoms with E-state index in [1.165, 1.54) is 11.0 Å². The van der Waals surface area contributed by atoms with E-state index < -0.39 is 64.0 Å². The Morgan fingerprint density at radius 1 is 1.03 bits per heavy atom. The molecule has 0 radical (unpaired) electrons. The second-order valence-corrected chi connectivity index (χ2v) is 9.80. The number of aliphatic hydroxyl groups is 3. The van der Waals surface area contributed by atoms with E-state index in [1.54, 1.807) is 26.2 Å². The molecule has 0 bridgehead atoms. The number of amides is 1. The maximum absolute atomic E-state index is 14.1. The number of carbonyl (C=O) groups excluding carboxylic acids is 3. The molecule has 2 aromatic carbocycles. The highest BCUT2D eigenvalue weighted by Crippen LogP contribution is 2.57. The number of aromatic hydroxyl groups is 1. The number of ketones is 2. The number of benzene rings is 2. The normalized spacial score (nSPS) is 29.7. The van der Waals surface area contributed by atoms with E-state index in [9.17, 15) is 34.8 Å². The third-order valence-corrected chi connectivity index (χ3v) is 7.77. The fourth-order valence-electron chi connectivity index (χ4n) is 6.30. The predicted molar refractivity (Wildman–Crippen MR) is 129 cm³/mol. The molecule has 6 N–H and O–H groups in total. The van der Waals surface area contributed by atoms with Crippen molar-refractivity contribution in [3.63, 3.8) is 0 Å². The average molecular weight is 491 g/mol. The van der Waals surface area contributed by atoms with E-state index in [0.29, 0.717) is 5.56 Å². The lowest BCUT2D eigenvalue weighted by Crippen LogP contribution is -2.66. The van der Waals surface area contributed by atoms with Crippen molar-refractivity contribution in [3.8, 4) is 5.75 Å². The number of hydrogen-bond acceptors (Lipinski definition) is 8. The first-order chi connectivity index (χ1) is 17.0. The summed E-state index contributed by atoms with van der Waals surface area (Å²) in [4.78, 5) is 40.9. The van der Waals surface area contributed by atoms with Crippen molar-refractivity contribution < 1.29 is 34.8 Å². The van der Waals surface area contributed by atoms with Crippen LogP contribution in [-0.4, -0.2) is 68.5 Å². The van der Waals surface area contributed by atoms with Gasteiger partial charge in [-0.3, -0.25) is 19.3 Å². The summed E-state index contributed by atoms with van der Waals surface area (Å²) >= 11 is 0. The minimum absolute atomic E-state index is 0.0149. The summed E-state index contributed by atoms with van der Waals surface area (Å²) in [6.45, 7) is 0. The summed E-state index contributed by atoms with van der Waals surface area (Å²) in [7, 11) is 3.14. The van der Waals surface area contributed by atoms with E-state index in [-0.39, 0.29) is 23.3 Å². The highest BCUT2D eigenvalue weighted by atomic mass is 16.3. The Morgan fingerprint density at radius 2 is 1.69 bits per heavy atom. The van der Waals surface area contributed by atoms with Crippen LogP contribution in [-0.2, 0) is 14.4 Å². The second kappa shape index (κ2) is 8.04. The van der Waals surface area contributed by atoms with Crippen LogP contribution in [0.4, 0.5) is 0 Å².